The highest BCUT2D eigenvalue weighted by Crippen LogP contribution is 2.33. The second kappa shape index (κ2) is 7.67. The van der Waals surface area contributed by atoms with Crippen LogP contribution in [0.3, 0.4) is 0 Å². The molecular weight excluding hydrogens is 376 g/mol. The molecule has 1 aromatic carbocycles. The van der Waals surface area contributed by atoms with E-state index in [4.69, 9.17) is 0 Å². The Morgan fingerprint density at radius 3 is 2.32 bits per heavy atom. The second-order valence-corrected chi connectivity index (χ2v) is 7.84. The minimum absolute atomic E-state index is 0.301. The first kappa shape index (κ1) is 19.9. The summed E-state index contributed by atoms with van der Waals surface area (Å²) in [6.45, 7) is 7.73. The van der Waals surface area contributed by atoms with E-state index in [1.807, 2.05) is 19.9 Å². The number of carbonyl (C=O) groups excluding carboxylic acids is 3. The van der Waals surface area contributed by atoms with Gasteiger partial charge in [-0.3, -0.25) is 19.3 Å². The third-order valence-corrected chi connectivity index (χ3v) is 5.52. The number of benzene rings is 1. The topological polar surface area (TPSA) is 68.6 Å². The largest absolute Gasteiger partial charge is 0.468 e. The summed E-state index contributed by atoms with van der Waals surface area (Å²) in [4.78, 5) is 37.3. The van der Waals surface area contributed by atoms with E-state index in [0.29, 0.717) is 4.91 Å². The molecule has 0 saturated carbocycles. The predicted octanol–water partition coefficient (Wildman–Crippen LogP) is 3.92. The Bertz CT molecular complexity index is 999. The molecular formula is C21H22N2O4S. The molecule has 0 bridgehead atoms. The van der Waals surface area contributed by atoms with Crippen molar-refractivity contribution in [2.75, 3.05) is 13.7 Å². The number of hydrogen-bond donors (Lipinski definition) is 0. The Kier molecular flexibility index (Phi) is 5.47. The molecule has 146 valence electrons. The van der Waals surface area contributed by atoms with Crippen molar-refractivity contribution in [1.29, 1.82) is 0 Å². The fourth-order valence-electron chi connectivity index (χ4n) is 3.38. The second-order valence-electron chi connectivity index (χ2n) is 6.85. The molecule has 2 aromatic rings. The molecule has 7 heteroatoms. The zero-order valence-electron chi connectivity index (χ0n) is 16.5. The number of aromatic nitrogens is 1. The van der Waals surface area contributed by atoms with Gasteiger partial charge in [0.15, 0.2) is 0 Å². The normalized spacial score (nSPS) is 15.6. The summed E-state index contributed by atoms with van der Waals surface area (Å²) in [5.74, 6) is -1.10. The fourth-order valence-corrected chi connectivity index (χ4v) is 4.21. The van der Waals surface area contributed by atoms with Crippen LogP contribution in [0.4, 0.5) is 4.79 Å². The van der Waals surface area contributed by atoms with Gasteiger partial charge in [-0.15, -0.1) is 0 Å². The van der Waals surface area contributed by atoms with Crippen LogP contribution in [-0.2, 0) is 14.3 Å². The zero-order chi connectivity index (χ0) is 20.6. The predicted molar refractivity (Wildman–Crippen MR) is 109 cm³/mol. The molecule has 0 radical (unpaired) electrons. The average molecular weight is 398 g/mol. The van der Waals surface area contributed by atoms with Gasteiger partial charge < -0.3 is 9.30 Å². The van der Waals surface area contributed by atoms with Crippen molar-refractivity contribution in [2.45, 2.75) is 27.7 Å². The molecule has 28 heavy (non-hydrogen) atoms. The first-order chi connectivity index (χ1) is 13.2. The van der Waals surface area contributed by atoms with Crippen LogP contribution in [0.2, 0.25) is 0 Å². The van der Waals surface area contributed by atoms with Crippen LogP contribution in [-0.4, -0.2) is 40.2 Å². The van der Waals surface area contributed by atoms with Crippen molar-refractivity contribution in [2.24, 2.45) is 0 Å². The van der Waals surface area contributed by atoms with Crippen LogP contribution < -0.4 is 0 Å². The van der Waals surface area contributed by atoms with Crippen molar-refractivity contribution >= 4 is 35.0 Å². The molecule has 1 aromatic heterocycles. The molecule has 0 aliphatic carbocycles. The molecule has 2 amide bonds. The summed E-state index contributed by atoms with van der Waals surface area (Å²) in [5.41, 5.74) is 6.27. The van der Waals surface area contributed by atoms with E-state index in [2.05, 4.69) is 41.4 Å². The number of imide groups is 1. The lowest BCUT2D eigenvalue weighted by atomic mass is 10.1. The Morgan fingerprint density at radius 1 is 1.07 bits per heavy atom. The van der Waals surface area contributed by atoms with Gasteiger partial charge in [0.25, 0.3) is 11.1 Å². The molecule has 2 heterocycles. The number of carbonyl (C=O) groups is 3. The monoisotopic (exact) mass is 398 g/mol. The van der Waals surface area contributed by atoms with Crippen molar-refractivity contribution in [3.05, 3.63) is 57.2 Å². The van der Waals surface area contributed by atoms with E-state index in [9.17, 15) is 14.4 Å². The van der Waals surface area contributed by atoms with Crippen LogP contribution in [0.5, 0.6) is 0 Å². The Morgan fingerprint density at radius 2 is 1.71 bits per heavy atom. The Hall–Kier alpha value is -2.80. The summed E-state index contributed by atoms with van der Waals surface area (Å²) in [6.07, 6.45) is 1.71. The van der Waals surface area contributed by atoms with Gasteiger partial charge in [0.2, 0.25) is 0 Å². The Balaban J connectivity index is 1.97. The SMILES string of the molecule is COC(=O)CN1C(=O)S/C(=C\c2cc(C)n(-c3cc(C)cc(C)c3)c2C)C1=O. The highest BCUT2D eigenvalue weighted by atomic mass is 32.2. The molecule has 0 N–H and O–H groups in total. The number of rotatable bonds is 4. The molecule has 1 aliphatic rings. The van der Waals surface area contributed by atoms with E-state index in [-0.39, 0.29) is 6.54 Å². The number of nitrogens with zero attached hydrogens (tertiary/aromatic N) is 2. The lowest BCUT2D eigenvalue weighted by Gasteiger charge is -2.12. The lowest BCUT2D eigenvalue weighted by molar-refractivity contribution is -0.143. The maximum absolute atomic E-state index is 12.5. The average Bonchev–Trinajstić information content (AvgIpc) is 3.04. The maximum atomic E-state index is 12.5. The molecule has 3 rings (SSSR count). The van der Waals surface area contributed by atoms with Crippen molar-refractivity contribution in [3.8, 4) is 5.69 Å². The van der Waals surface area contributed by atoms with E-state index in [1.54, 1.807) is 6.08 Å². The first-order valence-electron chi connectivity index (χ1n) is 8.81. The molecule has 6 nitrogen and oxygen atoms in total. The van der Waals surface area contributed by atoms with E-state index in [1.165, 1.54) is 18.2 Å². The third kappa shape index (κ3) is 3.75. The first-order valence-corrected chi connectivity index (χ1v) is 9.62. The molecule has 1 aliphatic heterocycles. The number of hydrogen-bond acceptors (Lipinski definition) is 5. The van der Waals surface area contributed by atoms with Gasteiger partial charge in [-0.25, -0.2) is 0 Å². The summed E-state index contributed by atoms with van der Waals surface area (Å²) < 4.78 is 6.68. The number of aryl methyl sites for hydroxylation is 3. The molecule has 0 atom stereocenters. The number of methoxy groups -OCH3 is 1. The lowest BCUT2D eigenvalue weighted by Crippen LogP contribution is -2.34. The van der Waals surface area contributed by atoms with Crippen LogP contribution in [0.25, 0.3) is 11.8 Å². The quantitative estimate of drug-likeness (QED) is 0.577. The number of ether oxygens (including phenoxy) is 1. The van der Waals surface area contributed by atoms with Gasteiger partial charge in [0.1, 0.15) is 6.54 Å². The molecule has 1 saturated heterocycles. The Labute approximate surface area is 168 Å². The van der Waals surface area contributed by atoms with Gasteiger partial charge in [0, 0.05) is 17.1 Å². The maximum Gasteiger partial charge on any atom is 0.325 e. The minimum Gasteiger partial charge on any atom is -0.468 e. The fraction of sp³-hybridized carbons (Fsp3) is 0.286. The van der Waals surface area contributed by atoms with E-state index >= 15 is 0 Å². The van der Waals surface area contributed by atoms with Crippen LogP contribution >= 0.6 is 11.8 Å². The third-order valence-electron chi connectivity index (χ3n) is 4.61. The number of esters is 1. The van der Waals surface area contributed by atoms with Gasteiger partial charge in [-0.05, 0) is 80.4 Å². The standard InChI is InChI=1S/C21H22N2O4S/c1-12-6-13(2)8-17(7-12)23-14(3)9-16(15(23)4)10-18-20(25)22(21(26)28-18)11-19(24)27-5/h6-10H,11H2,1-5H3/b18-10-. The number of thioether (sulfide) groups is 1. The smallest absolute Gasteiger partial charge is 0.325 e. The zero-order valence-corrected chi connectivity index (χ0v) is 17.3. The van der Waals surface area contributed by atoms with Crippen molar-refractivity contribution in [3.63, 3.8) is 0 Å². The summed E-state index contributed by atoms with van der Waals surface area (Å²) >= 11 is 0.835. The van der Waals surface area contributed by atoms with Gasteiger partial charge in [-0.1, -0.05) is 6.07 Å². The van der Waals surface area contributed by atoms with Crippen LogP contribution in [0.1, 0.15) is 28.1 Å². The van der Waals surface area contributed by atoms with E-state index < -0.39 is 17.1 Å². The van der Waals surface area contributed by atoms with Gasteiger partial charge in [-0.2, -0.15) is 0 Å². The molecule has 1 fully saturated rings. The summed E-state index contributed by atoms with van der Waals surface area (Å²) in [6, 6.07) is 8.33. The summed E-state index contributed by atoms with van der Waals surface area (Å²) in [5, 5.41) is -0.468. The molecule has 0 spiro atoms. The highest BCUT2D eigenvalue weighted by molar-refractivity contribution is 8.18. The van der Waals surface area contributed by atoms with Gasteiger partial charge >= 0.3 is 5.97 Å². The number of amides is 2. The highest BCUT2D eigenvalue weighted by Gasteiger charge is 2.36. The van der Waals surface area contributed by atoms with Crippen LogP contribution in [0, 0.1) is 27.7 Å². The summed E-state index contributed by atoms with van der Waals surface area (Å²) in [7, 11) is 1.22. The van der Waals surface area contributed by atoms with E-state index in [0.717, 1.165) is 39.3 Å². The van der Waals surface area contributed by atoms with Gasteiger partial charge in [0.05, 0.1) is 12.0 Å². The molecule has 0 unspecified atom stereocenters. The van der Waals surface area contributed by atoms with Crippen molar-refractivity contribution < 1.29 is 19.1 Å². The van der Waals surface area contributed by atoms with Crippen LogP contribution in [0.15, 0.2) is 29.2 Å². The van der Waals surface area contributed by atoms with Crippen molar-refractivity contribution in [1.82, 2.24) is 9.47 Å². The minimum atomic E-state index is -0.628.